The lowest BCUT2D eigenvalue weighted by molar-refractivity contribution is -0.119. The minimum absolute atomic E-state index is 0.0194. The van der Waals surface area contributed by atoms with Crippen LogP contribution in [-0.4, -0.2) is 36.9 Å². The molecule has 0 bridgehead atoms. The zero-order valence-corrected chi connectivity index (χ0v) is 15.4. The quantitative estimate of drug-likeness (QED) is 0.791. The molecule has 0 spiro atoms. The first kappa shape index (κ1) is 19.7. The van der Waals surface area contributed by atoms with Crippen LogP contribution >= 0.6 is 23.2 Å². The average molecular weight is 391 g/mol. The first-order valence-corrected chi connectivity index (χ1v) is 8.36. The number of nitriles is 1. The smallest absolute Gasteiger partial charge is 0.238 e. The van der Waals surface area contributed by atoms with Crippen molar-refractivity contribution in [2.45, 2.75) is 0 Å². The van der Waals surface area contributed by atoms with Crippen molar-refractivity contribution in [3.8, 4) is 6.07 Å². The van der Waals surface area contributed by atoms with Crippen molar-refractivity contribution in [1.82, 2.24) is 4.90 Å². The van der Waals surface area contributed by atoms with E-state index in [2.05, 4.69) is 10.6 Å². The third kappa shape index (κ3) is 6.05. The Balaban J connectivity index is 1.84. The van der Waals surface area contributed by atoms with E-state index in [4.69, 9.17) is 28.5 Å². The van der Waals surface area contributed by atoms with E-state index < -0.39 is 0 Å². The van der Waals surface area contributed by atoms with Gasteiger partial charge in [-0.05, 0) is 43.4 Å². The maximum absolute atomic E-state index is 12.0. The number of likely N-dealkylation sites (N-methyl/N-ethyl adjacent to an activating group) is 1. The molecule has 2 N–H and O–H groups in total. The van der Waals surface area contributed by atoms with Gasteiger partial charge < -0.3 is 10.6 Å². The normalized spacial score (nSPS) is 10.3. The van der Waals surface area contributed by atoms with Crippen molar-refractivity contribution >= 4 is 46.4 Å². The highest BCUT2D eigenvalue weighted by atomic mass is 35.5. The first-order chi connectivity index (χ1) is 12.4. The molecule has 0 fully saturated rings. The molecule has 0 aliphatic rings. The van der Waals surface area contributed by atoms with Gasteiger partial charge >= 0.3 is 0 Å². The van der Waals surface area contributed by atoms with Crippen molar-refractivity contribution in [3.63, 3.8) is 0 Å². The lowest BCUT2D eigenvalue weighted by atomic mass is 10.2. The topological polar surface area (TPSA) is 85.2 Å². The highest BCUT2D eigenvalue weighted by Gasteiger charge is 2.12. The third-order valence-corrected chi connectivity index (χ3v) is 4.04. The predicted octanol–water partition coefficient (Wildman–Crippen LogP) is 3.37. The summed E-state index contributed by atoms with van der Waals surface area (Å²) in [4.78, 5) is 25.7. The largest absolute Gasteiger partial charge is 0.325 e. The molecule has 0 saturated heterocycles. The number of halogens is 2. The van der Waals surface area contributed by atoms with Gasteiger partial charge in [0.25, 0.3) is 0 Å². The number of hydrogen-bond donors (Lipinski definition) is 2. The van der Waals surface area contributed by atoms with Crippen LogP contribution in [0.25, 0.3) is 0 Å². The average Bonchev–Trinajstić information content (AvgIpc) is 2.57. The van der Waals surface area contributed by atoms with Crippen molar-refractivity contribution in [3.05, 3.63) is 58.1 Å². The van der Waals surface area contributed by atoms with Crippen LogP contribution in [0.1, 0.15) is 5.56 Å². The number of carbonyl (C=O) groups is 2. The summed E-state index contributed by atoms with van der Waals surface area (Å²) < 4.78 is 0. The van der Waals surface area contributed by atoms with E-state index in [0.29, 0.717) is 27.0 Å². The van der Waals surface area contributed by atoms with E-state index in [9.17, 15) is 9.59 Å². The zero-order chi connectivity index (χ0) is 19.1. The van der Waals surface area contributed by atoms with Crippen LogP contribution in [0.15, 0.2) is 42.5 Å². The summed E-state index contributed by atoms with van der Waals surface area (Å²) in [6, 6.07) is 13.4. The van der Waals surface area contributed by atoms with Gasteiger partial charge in [-0.2, -0.15) is 5.26 Å². The van der Waals surface area contributed by atoms with Crippen molar-refractivity contribution in [1.29, 1.82) is 5.26 Å². The molecule has 0 atom stereocenters. The minimum atomic E-state index is -0.287. The van der Waals surface area contributed by atoms with Gasteiger partial charge in [0.15, 0.2) is 0 Å². The van der Waals surface area contributed by atoms with E-state index in [1.54, 1.807) is 54.4 Å². The fourth-order valence-corrected chi connectivity index (χ4v) is 2.49. The Morgan fingerprint density at radius 3 is 2.19 bits per heavy atom. The van der Waals surface area contributed by atoms with Gasteiger partial charge in [-0.15, -0.1) is 0 Å². The van der Waals surface area contributed by atoms with Gasteiger partial charge in [-0.25, -0.2) is 0 Å². The molecule has 0 saturated carbocycles. The molecule has 2 aromatic rings. The van der Waals surface area contributed by atoms with Gasteiger partial charge in [-0.3, -0.25) is 14.5 Å². The van der Waals surface area contributed by atoms with Crippen LogP contribution in [-0.2, 0) is 9.59 Å². The monoisotopic (exact) mass is 390 g/mol. The first-order valence-electron chi connectivity index (χ1n) is 7.61. The van der Waals surface area contributed by atoms with E-state index >= 15 is 0 Å². The molecule has 0 aliphatic heterocycles. The van der Waals surface area contributed by atoms with E-state index in [0.717, 1.165) is 0 Å². The lowest BCUT2D eigenvalue weighted by Gasteiger charge is -2.16. The summed E-state index contributed by atoms with van der Waals surface area (Å²) in [6.07, 6.45) is 0. The second-order valence-electron chi connectivity index (χ2n) is 5.59. The molecule has 6 nitrogen and oxygen atoms in total. The van der Waals surface area contributed by atoms with Gasteiger partial charge in [0.1, 0.15) is 0 Å². The number of hydrogen-bond acceptors (Lipinski definition) is 4. The van der Waals surface area contributed by atoms with Crippen LogP contribution in [0.3, 0.4) is 0 Å². The van der Waals surface area contributed by atoms with Gasteiger partial charge in [0, 0.05) is 11.4 Å². The Kier molecular flexibility index (Phi) is 6.98. The summed E-state index contributed by atoms with van der Waals surface area (Å²) >= 11 is 11.7. The molecule has 2 aromatic carbocycles. The molecular formula is C18H16Cl2N4O2. The molecule has 2 rings (SSSR count). The van der Waals surface area contributed by atoms with Crippen molar-refractivity contribution in [2.24, 2.45) is 0 Å². The number of carbonyl (C=O) groups excluding carboxylic acids is 2. The van der Waals surface area contributed by atoms with Gasteiger partial charge in [-0.1, -0.05) is 29.3 Å². The molecule has 0 radical (unpaired) electrons. The third-order valence-electron chi connectivity index (χ3n) is 3.31. The highest BCUT2D eigenvalue weighted by Crippen LogP contribution is 2.24. The van der Waals surface area contributed by atoms with Crippen LogP contribution in [0.2, 0.25) is 10.0 Å². The minimum Gasteiger partial charge on any atom is -0.325 e. The van der Waals surface area contributed by atoms with Crippen LogP contribution in [0.5, 0.6) is 0 Å². The molecule has 0 heterocycles. The highest BCUT2D eigenvalue weighted by molar-refractivity contribution is 6.42. The van der Waals surface area contributed by atoms with Crippen molar-refractivity contribution in [2.75, 3.05) is 30.8 Å². The number of benzene rings is 2. The molecule has 2 amide bonds. The number of anilines is 2. The number of nitrogens with zero attached hydrogens (tertiary/aromatic N) is 2. The summed E-state index contributed by atoms with van der Waals surface area (Å²) in [6.45, 7) is 0.0392. The van der Waals surface area contributed by atoms with Crippen molar-refractivity contribution < 1.29 is 9.59 Å². The predicted molar refractivity (Wildman–Crippen MR) is 102 cm³/mol. The summed E-state index contributed by atoms with van der Waals surface area (Å²) in [5.41, 5.74) is 1.51. The molecule has 0 unspecified atom stereocenters. The van der Waals surface area contributed by atoms with Crippen LogP contribution in [0, 0.1) is 11.3 Å². The molecule has 0 aliphatic carbocycles. The standard InChI is InChI=1S/C18H16Cl2N4O2/c1-24(10-17(25)22-13-4-2-3-12(7-13)9-21)11-18(26)23-14-5-6-15(19)16(20)8-14/h2-8H,10-11H2,1H3,(H,22,25)(H,23,26). The molecule has 8 heteroatoms. The fraction of sp³-hybridized carbons (Fsp3) is 0.167. The Bertz CT molecular complexity index is 865. The number of nitrogens with one attached hydrogen (secondary N) is 2. The Labute approximate surface area is 161 Å². The fourth-order valence-electron chi connectivity index (χ4n) is 2.19. The van der Waals surface area contributed by atoms with E-state index in [1.165, 1.54) is 0 Å². The van der Waals surface area contributed by atoms with E-state index in [1.807, 2.05) is 6.07 Å². The number of rotatable bonds is 6. The molecule has 134 valence electrons. The summed E-state index contributed by atoms with van der Waals surface area (Å²) in [5.74, 6) is -0.574. The zero-order valence-electron chi connectivity index (χ0n) is 13.9. The molecule has 26 heavy (non-hydrogen) atoms. The second kappa shape index (κ2) is 9.20. The van der Waals surface area contributed by atoms with E-state index in [-0.39, 0.29) is 24.9 Å². The maximum atomic E-state index is 12.0. The van der Waals surface area contributed by atoms with Gasteiger partial charge in [0.05, 0.1) is 34.8 Å². The maximum Gasteiger partial charge on any atom is 0.238 e. The summed E-state index contributed by atoms with van der Waals surface area (Å²) in [7, 11) is 1.65. The lowest BCUT2D eigenvalue weighted by Crippen LogP contribution is -2.36. The molecular weight excluding hydrogens is 375 g/mol. The Morgan fingerprint density at radius 2 is 1.62 bits per heavy atom. The molecule has 0 aromatic heterocycles. The Morgan fingerprint density at radius 1 is 1.00 bits per heavy atom. The number of amides is 2. The van der Waals surface area contributed by atoms with Gasteiger partial charge in [0.2, 0.25) is 11.8 Å². The Hall–Kier alpha value is -2.59. The van der Waals surface area contributed by atoms with Crippen LogP contribution < -0.4 is 10.6 Å². The SMILES string of the molecule is CN(CC(=O)Nc1cccc(C#N)c1)CC(=O)Nc1ccc(Cl)c(Cl)c1. The second-order valence-corrected chi connectivity index (χ2v) is 6.40. The van der Waals surface area contributed by atoms with Crippen LogP contribution in [0.4, 0.5) is 11.4 Å². The summed E-state index contributed by atoms with van der Waals surface area (Å²) in [5, 5.41) is 15.0.